The standard InChI is InChI=1S/C15H21NO/c1-2-4-11-5-3-6-13(9-11)15(17)10-14(16)12-7-8-12/h3,5-6,9,12,14H,2,4,7-8,10,16H2,1H3. The number of rotatable bonds is 6. The van der Waals surface area contributed by atoms with Crippen molar-refractivity contribution < 1.29 is 4.79 Å². The van der Waals surface area contributed by atoms with Crippen molar-refractivity contribution >= 4 is 5.78 Å². The van der Waals surface area contributed by atoms with Crippen molar-refractivity contribution in [2.45, 2.75) is 45.1 Å². The Balaban J connectivity index is 1.99. The van der Waals surface area contributed by atoms with Crippen molar-refractivity contribution in [3.05, 3.63) is 35.4 Å². The third-order valence-electron chi connectivity index (χ3n) is 3.44. The maximum Gasteiger partial charge on any atom is 0.164 e. The quantitative estimate of drug-likeness (QED) is 0.765. The Morgan fingerprint density at radius 3 is 2.88 bits per heavy atom. The van der Waals surface area contributed by atoms with Gasteiger partial charge in [0.2, 0.25) is 0 Å². The zero-order valence-electron chi connectivity index (χ0n) is 10.5. The highest BCUT2D eigenvalue weighted by molar-refractivity contribution is 5.96. The molecule has 92 valence electrons. The Labute approximate surface area is 103 Å². The zero-order chi connectivity index (χ0) is 12.3. The Hall–Kier alpha value is -1.15. The molecular formula is C15H21NO. The lowest BCUT2D eigenvalue weighted by Gasteiger charge is -2.09. The summed E-state index contributed by atoms with van der Waals surface area (Å²) in [7, 11) is 0. The van der Waals surface area contributed by atoms with Gasteiger partial charge in [0.25, 0.3) is 0 Å². The first-order chi connectivity index (χ1) is 8.20. The van der Waals surface area contributed by atoms with Gasteiger partial charge in [0, 0.05) is 18.0 Å². The molecule has 0 amide bonds. The highest BCUT2D eigenvalue weighted by Gasteiger charge is 2.29. The first-order valence-corrected chi connectivity index (χ1v) is 6.58. The average Bonchev–Trinajstić information content (AvgIpc) is 3.13. The summed E-state index contributed by atoms with van der Waals surface area (Å²) in [6.07, 6.45) is 5.05. The molecule has 2 N–H and O–H groups in total. The van der Waals surface area contributed by atoms with Crippen LogP contribution in [0.5, 0.6) is 0 Å². The van der Waals surface area contributed by atoms with Crippen LogP contribution in [0.2, 0.25) is 0 Å². The minimum absolute atomic E-state index is 0.0670. The molecule has 1 fully saturated rings. The Morgan fingerprint density at radius 1 is 1.47 bits per heavy atom. The van der Waals surface area contributed by atoms with Crippen molar-refractivity contribution in [1.29, 1.82) is 0 Å². The summed E-state index contributed by atoms with van der Waals surface area (Å²) in [5, 5.41) is 0. The molecule has 0 bridgehead atoms. The fourth-order valence-corrected chi connectivity index (χ4v) is 2.21. The van der Waals surface area contributed by atoms with Gasteiger partial charge in [0.1, 0.15) is 0 Å². The van der Waals surface area contributed by atoms with Gasteiger partial charge in [-0.25, -0.2) is 0 Å². The van der Waals surface area contributed by atoms with E-state index in [4.69, 9.17) is 5.73 Å². The fourth-order valence-electron chi connectivity index (χ4n) is 2.21. The number of carbonyl (C=O) groups excluding carboxylic acids is 1. The molecule has 1 aliphatic carbocycles. The van der Waals surface area contributed by atoms with Gasteiger partial charge in [-0.3, -0.25) is 4.79 Å². The Morgan fingerprint density at radius 2 is 2.24 bits per heavy atom. The van der Waals surface area contributed by atoms with Crippen LogP contribution >= 0.6 is 0 Å². The summed E-state index contributed by atoms with van der Waals surface area (Å²) in [6, 6.07) is 8.05. The summed E-state index contributed by atoms with van der Waals surface area (Å²) in [4.78, 5) is 12.1. The maximum absolute atomic E-state index is 12.1. The lowest BCUT2D eigenvalue weighted by Crippen LogP contribution is -2.25. The van der Waals surface area contributed by atoms with Crippen LogP contribution in [0.4, 0.5) is 0 Å². The third-order valence-corrected chi connectivity index (χ3v) is 3.44. The molecule has 0 aromatic heterocycles. The van der Waals surface area contributed by atoms with E-state index >= 15 is 0 Å². The molecule has 1 aromatic rings. The average molecular weight is 231 g/mol. The molecule has 0 spiro atoms. The molecular weight excluding hydrogens is 210 g/mol. The van der Waals surface area contributed by atoms with Gasteiger partial charge < -0.3 is 5.73 Å². The first-order valence-electron chi connectivity index (χ1n) is 6.58. The predicted molar refractivity (Wildman–Crippen MR) is 70.1 cm³/mol. The van der Waals surface area contributed by atoms with Crippen molar-refractivity contribution in [2.24, 2.45) is 11.7 Å². The van der Waals surface area contributed by atoms with Crippen molar-refractivity contribution in [3.63, 3.8) is 0 Å². The van der Waals surface area contributed by atoms with Gasteiger partial charge >= 0.3 is 0 Å². The van der Waals surface area contributed by atoms with E-state index < -0.39 is 0 Å². The van der Waals surface area contributed by atoms with Crippen molar-refractivity contribution in [3.8, 4) is 0 Å². The van der Waals surface area contributed by atoms with E-state index in [0.29, 0.717) is 12.3 Å². The van der Waals surface area contributed by atoms with E-state index in [9.17, 15) is 4.79 Å². The lowest BCUT2D eigenvalue weighted by atomic mass is 9.99. The molecule has 2 rings (SSSR count). The van der Waals surface area contributed by atoms with E-state index in [-0.39, 0.29) is 11.8 Å². The molecule has 0 radical (unpaired) electrons. The number of ketones is 1. The van der Waals surface area contributed by atoms with Crippen LogP contribution < -0.4 is 5.73 Å². The van der Waals surface area contributed by atoms with Crippen molar-refractivity contribution in [2.75, 3.05) is 0 Å². The minimum Gasteiger partial charge on any atom is -0.327 e. The molecule has 0 saturated heterocycles. The van der Waals surface area contributed by atoms with E-state index in [1.54, 1.807) is 0 Å². The summed E-state index contributed by atoms with van der Waals surface area (Å²) in [6.45, 7) is 2.15. The SMILES string of the molecule is CCCc1cccc(C(=O)CC(N)C2CC2)c1. The maximum atomic E-state index is 12.1. The molecule has 1 unspecified atom stereocenters. The molecule has 2 heteroatoms. The van der Waals surface area contributed by atoms with Gasteiger partial charge in [-0.05, 0) is 36.8 Å². The second-order valence-corrected chi connectivity index (χ2v) is 5.08. The van der Waals surface area contributed by atoms with Gasteiger partial charge in [-0.2, -0.15) is 0 Å². The minimum atomic E-state index is 0.0670. The molecule has 1 aliphatic rings. The largest absolute Gasteiger partial charge is 0.327 e. The first kappa shape index (κ1) is 12.3. The van der Waals surface area contributed by atoms with Crippen LogP contribution in [0.1, 0.15) is 48.5 Å². The number of hydrogen-bond donors (Lipinski definition) is 1. The van der Waals surface area contributed by atoms with Gasteiger partial charge in [-0.1, -0.05) is 31.5 Å². The van der Waals surface area contributed by atoms with E-state index in [1.807, 2.05) is 18.2 Å². The van der Waals surface area contributed by atoms with Gasteiger partial charge in [0.05, 0.1) is 0 Å². The predicted octanol–water partition coefficient (Wildman–Crippen LogP) is 2.95. The van der Waals surface area contributed by atoms with Gasteiger partial charge in [0.15, 0.2) is 5.78 Å². The van der Waals surface area contributed by atoms with Crippen LogP contribution in [0.3, 0.4) is 0 Å². The lowest BCUT2D eigenvalue weighted by molar-refractivity contribution is 0.0971. The topological polar surface area (TPSA) is 43.1 Å². The number of hydrogen-bond acceptors (Lipinski definition) is 2. The number of benzene rings is 1. The smallest absolute Gasteiger partial charge is 0.164 e. The summed E-state index contributed by atoms with van der Waals surface area (Å²) in [5.41, 5.74) is 8.07. The number of carbonyl (C=O) groups is 1. The highest BCUT2D eigenvalue weighted by atomic mass is 16.1. The molecule has 1 aromatic carbocycles. The molecule has 1 saturated carbocycles. The van der Waals surface area contributed by atoms with Crippen LogP contribution in [0.25, 0.3) is 0 Å². The van der Waals surface area contributed by atoms with Crippen molar-refractivity contribution in [1.82, 2.24) is 0 Å². The van der Waals surface area contributed by atoms with Crippen LogP contribution in [0, 0.1) is 5.92 Å². The fraction of sp³-hybridized carbons (Fsp3) is 0.533. The highest BCUT2D eigenvalue weighted by Crippen LogP contribution is 2.33. The molecule has 0 aliphatic heterocycles. The van der Waals surface area contributed by atoms with Crippen LogP contribution in [-0.2, 0) is 6.42 Å². The molecule has 17 heavy (non-hydrogen) atoms. The van der Waals surface area contributed by atoms with E-state index in [2.05, 4.69) is 13.0 Å². The number of nitrogens with two attached hydrogens (primary N) is 1. The summed E-state index contributed by atoms with van der Waals surface area (Å²) in [5.74, 6) is 0.792. The third kappa shape index (κ3) is 3.40. The van der Waals surface area contributed by atoms with Crippen LogP contribution in [-0.4, -0.2) is 11.8 Å². The summed E-state index contributed by atoms with van der Waals surface area (Å²) >= 11 is 0. The summed E-state index contributed by atoms with van der Waals surface area (Å²) < 4.78 is 0. The molecule has 1 atom stereocenters. The normalized spacial score (nSPS) is 16.8. The van der Waals surface area contributed by atoms with Gasteiger partial charge in [-0.15, -0.1) is 0 Å². The number of aryl methyl sites for hydroxylation is 1. The Kier molecular flexibility index (Phi) is 3.95. The number of Topliss-reactive ketones (excluding diaryl/α,β-unsaturated/α-hetero) is 1. The monoisotopic (exact) mass is 231 g/mol. The second-order valence-electron chi connectivity index (χ2n) is 5.08. The van der Waals surface area contributed by atoms with Crippen LogP contribution in [0.15, 0.2) is 24.3 Å². The van der Waals surface area contributed by atoms with E-state index in [0.717, 1.165) is 18.4 Å². The molecule has 0 heterocycles. The zero-order valence-corrected chi connectivity index (χ0v) is 10.5. The Bertz CT molecular complexity index is 396. The van der Waals surface area contributed by atoms with E-state index in [1.165, 1.54) is 18.4 Å². The molecule has 2 nitrogen and oxygen atoms in total. The second kappa shape index (κ2) is 5.46.